The molecule has 1 aliphatic rings. The Morgan fingerprint density at radius 3 is 2.10 bits per heavy atom. The van der Waals surface area contributed by atoms with Gasteiger partial charge in [-0.25, -0.2) is 0 Å². The molecule has 0 aliphatic heterocycles. The summed E-state index contributed by atoms with van der Waals surface area (Å²) in [5.41, 5.74) is 10.6. The number of anilines is 3. The Labute approximate surface area is 227 Å². The van der Waals surface area contributed by atoms with Gasteiger partial charge in [-0.05, 0) is 81.6 Å². The summed E-state index contributed by atoms with van der Waals surface area (Å²) in [4.78, 5) is 2.37. The van der Waals surface area contributed by atoms with Crippen LogP contribution < -0.4 is 4.90 Å². The molecule has 0 fully saturated rings. The quantitative estimate of drug-likeness (QED) is 0.239. The molecule has 8 rings (SSSR count). The van der Waals surface area contributed by atoms with Crippen molar-refractivity contribution < 1.29 is 4.42 Å². The molecule has 7 aromatic rings. The van der Waals surface area contributed by atoms with Gasteiger partial charge in [0.2, 0.25) is 0 Å². The van der Waals surface area contributed by atoms with Gasteiger partial charge in [0, 0.05) is 33.2 Å². The molecule has 0 bridgehead atoms. The van der Waals surface area contributed by atoms with Crippen molar-refractivity contribution in [3.8, 4) is 11.1 Å². The van der Waals surface area contributed by atoms with Crippen molar-refractivity contribution in [1.29, 1.82) is 0 Å². The highest BCUT2D eigenvalue weighted by molar-refractivity contribution is 6.19. The number of benzene rings is 6. The van der Waals surface area contributed by atoms with Gasteiger partial charge in [-0.1, -0.05) is 92.7 Å². The monoisotopic (exact) mass is 501 g/mol. The van der Waals surface area contributed by atoms with E-state index in [4.69, 9.17) is 4.42 Å². The van der Waals surface area contributed by atoms with Crippen molar-refractivity contribution in [3.63, 3.8) is 0 Å². The van der Waals surface area contributed by atoms with E-state index in [1.165, 1.54) is 38.4 Å². The molecule has 2 nitrogen and oxygen atoms in total. The summed E-state index contributed by atoms with van der Waals surface area (Å²) >= 11 is 0. The van der Waals surface area contributed by atoms with E-state index in [9.17, 15) is 0 Å². The molecule has 6 aromatic carbocycles. The zero-order valence-electron chi connectivity index (χ0n) is 22.0. The molecule has 1 aromatic heterocycles. The van der Waals surface area contributed by atoms with Crippen LogP contribution in [0.1, 0.15) is 25.0 Å². The molecule has 39 heavy (non-hydrogen) atoms. The minimum absolute atomic E-state index is 0.0150. The maximum absolute atomic E-state index is 6.22. The molecule has 0 spiro atoms. The molecule has 0 saturated heterocycles. The number of furan rings is 1. The van der Waals surface area contributed by atoms with Crippen LogP contribution in [0, 0.1) is 0 Å². The third kappa shape index (κ3) is 3.21. The van der Waals surface area contributed by atoms with Crippen LogP contribution in [0.15, 0.2) is 132 Å². The number of hydrogen-bond acceptors (Lipinski definition) is 2. The molecule has 0 unspecified atom stereocenters. The third-order valence-corrected chi connectivity index (χ3v) is 8.44. The number of fused-ring (bicyclic) bond motifs is 8. The summed E-state index contributed by atoms with van der Waals surface area (Å²) in [5, 5.41) is 4.72. The number of hydrogen-bond donors (Lipinski definition) is 0. The number of para-hydroxylation sites is 2. The fourth-order valence-electron chi connectivity index (χ4n) is 6.54. The zero-order chi connectivity index (χ0) is 26.1. The van der Waals surface area contributed by atoms with Gasteiger partial charge in [-0.15, -0.1) is 0 Å². The van der Waals surface area contributed by atoms with E-state index in [1.54, 1.807) is 0 Å². The molecule has 0 radical (unpaired) electrons. The van der Waals surface area contributed by atoms with Crippen molar-refractivity contribution >= 4 is 49.8 Å². The van der Waals surface area contributed by atoms with E-state index in [-0.39, 0.29) is 5.41 Å². The fraction of sp³-hybridized carbons (Fsp3) is 0.0811. The van der Waals surface area contributed by atoms with Crippen molar-refractivity contribution in [2.75, 3.05) is 4.90 Å². The SMILES string of the molecule is CC1(C)c2ccccc2-c2cc(N(c3ccccc3)c3ccc4ccc5oc6ccccc6c5c4c3)ccc21. The normalized spacial score (nSPS) is 13.6. The van der Waals surface area contributed by atoms with Crippen LogP contribution in [0.2, 0.25) is 0 Å². The number of nitrogens with zero attached hydrogens (tertiary/aromatic N) is 1. The van der Waals surface area contributed by atoms with Gasteiger partial charge in [0.05, 0.1) is 0 Å². The summed E-state index contributed by atoms with van der Waals surface area (Å²) in [7, 11) is 0. The van der Waals surface area contributed by atoms with Crippen molar-refractivity contribution in [3.05, 3.63) is 139 Å². The van der Waals surface area contributed by atoms with E-state index in [0.717, 1.165) is 33.6 Å². The van der Waals surface area contributed by atoms with Gasteiger partial charge in [0.1, 0.15) is 11.2 Å². The Balaban J connectivity index is 1.38. The maximum Gasteiger partial charge on any atom is 0.136 e. The molecule has 2 heteroatoms. The van der Waals surface area contributed by atoms with Gasteiger partial charge in [-0.2, -0.15) is 0 Å². The molecule has 1 heterocycles. The highest BCUT2D eigenvalue weighted by Crippen LogP contribution is 2.50. The van der Waals surface area contributed by atoms with Gasteiger partial charge >= 0.3 is 0 Å². The van der Waals surface area contributed by atoms with Crippen LogP contribution in [0.3, 0.4) is 0 Å². The lowest BCUT2D eigenvalue weighted by molar-refractivity contribution is 0.660. The van der Waals surface area contributed by atoms with Gasteiger partial charge in [0.15, 0.2) is 0 Å². The van der Waals surface area contributed by atoms with E-state index < -0.39 is 0 Å². The van der Waals surface area contributed by atoms with Crippen molar-refractivity contribution in [1.82, 2.24) is 0 Å². The lowest BCUT2D eigenvalue weighted by Crippen LogP contribution is -2.15. The highest BCUT2D eigenvalue weighted by atomic mass is 16.3. The number of rotatable bonds is 3. The van der Waals surface area contributed by atoms with Crippen LogP contribution in [-0.4, -0.2) is 0 Å². The van der Waals surface area contributed by atoms with Gasteiger partial charge in [-0.3, -0.25) is 0 Å². The molecular formula is C37H27NO. The van der Waals surface area contributed by atoms with Crippen LogP contribution in [0.4, 0.5) is 17.1 Å². The lowest BCUT2D eigenvalue weighted by Gasteiger charge is -2.27. The first-order valence-corrected chi connectivity index (χ1v) is 13.5. The average molecular weight is 502 g/mol. The topological polar surface area (TPSA) is 16.4 Å². The molecule has 0 N–H and O–H groups in total. The Kier molecular flexibility index (Phi) is 4.60. The molecule has 0 saturated carbocycles. The Morgan fingerprint density at radius 2 is 1.21 bits per heavy atom. The first-order valence-electron chi connectivity index (χ1n) is 13.5. The maximum atomic E-state index is 6.22. The summed E-state index contributed by atoms with van der Waals surface area (Å²) in [6.45, 7) is 4.66. The summed E-state index contributed by atoms with van der Waals surface area (Å²) in [5.74, 6) is 0. The minimum Gasteiger partial charge on any atom is -0.456 e. The minimum atomic E-state index is -0.0150. The second-order valence-corrected chi connectivity index (χ2v) is 11.0. The Hall–Kier alpha value is -4.82. The molecular weight excluding hydrogens is 474 g/mol. The highest BCUT2D eigenvalue weighted by Gasteiger charge is 2.35. The Bertz CT molecular complexity index is 2050. The summed E-state index contributed by atoms with van der Waals surface area (Å²) in [6, 6.07) is 45.8. The first kappa shape index (κ1) is 22.2. The van der Waals surface area contributed by atoms with Crippen molar-refractivity contribution in [2.45, 2.75) is 19.3 Å². The molecule has 0 atom stereocenters. The van der Waals surface area contributed by atoms with Crippen LogP contribution in [0.25, 0.3) is 43.8 Å². The van der Waals surface area contributed by atoms with E-state index >= 15 is 0 Å². The molecule has 1 aliphatic carbocycles. The summed E-state index contributed by atoms with van der Waals surface area (Å²) < 4.78 is 6.22. The van der Waals surface area contributed by atoms with Gasteiger partial charge in [0.25, 0.3) is 0 Å². The first-order chi connectivity index (χ1) is 19.1. The molecule has 186 valence electrons. The van der Waals surface area contributed by atoms with Crippen LogP contribution in [0.5, 0.6) is 0 Å². The fourth-order valence-corrected chi connectivity index (χ4v) is 6.54. The van der Waals surface area contributed by atoms with Crippen LogP contribution >= 0.6 is 0 Å². The van der Waals surface area contributed by atoms with E-state index in [2.05, 4.69) is 134 Å². The summed E-state index contributed by atoms with van der Waals surface area (Å²) in [6.07, 6.45) is 0. The lowest BCUT2D eigenvalue weighted by atomic mass is 9.82. The van der Waals surface area contributed by atoms with E-state index in [1.807, 2.05) is 12.1 Å². The standard InChI is InChI=1S/C37H27NO/c1-37(2)32-14-8-6-12-28(32)31-23-27(19-20-33(31)37)38(25-10-4-3-5-11-25)26-18-16-24-17-21-35-36(30(24)22-26)29-13-7-9-15-34(29)39-35/h3-23H,1-2H3. The average Bonchev–Trinajstić information content (AvgIpc) is 3.47. The van der Waals surface area contributed by atoms with Crippen molar-refractivity contribution in [2.24, 2.45) is 0 Å². The third-order valence-electron chi connectivity index (χ3n) is 8.44. The predicted molar refractivity (Wildman–Crippen MR) is 163 cm³/mol. The smallest absolute Gasteiger partial charge is 0.136 e. The van der Waals surface area contributed by atoms with E-state index in [0.29, 0.717) is 0 Å². The zero-order valence-corrected chi connectivity index (χ0v) is 22.0. The second-order valence-electron chi connectivity index (χ2n) is 11.0. The predicted octanol–water partition coefficient (Wildman–Crippen LogP) is 10.5. The molecule has 0 amide bonds. The second kappa shape index (κ2) is 8.09. The van der Waals surface area contributed by atoms with Gasteiger partial charge < -0.3 is 9.32 Å². The largest absolute Gasteiger partial charge is 0.456 e. The Morgan fingerprint density at radius 1 is 0.513 bits per heavy atom. The van der Waals surface area contributed by atoms with Crippen LogP contribution in [-0.2, 0) is 5.41 Å².